The third kappa shape index (κ3) is 5.31. The average Bonchev–Trinajstić information content (AvgIpc) is 2.67. The normalized spacial score (nSPS) is 12.6. The highest BCUT2D eigenvalue weighted by atomic mass is 35.5. The highest BCUT2D eigenvalue weighted by Crippen LogP contribution is 2.36. The van der Waals surface area contributed by atoms with Crippen LogP contribution in [0.2, 0.25) is 8.67 Å². The third-order valence-corrected chi connectivity index (χ3v) is 4.43. The molecule has 1 N–H and O–H groups in total. The summed E-state index contributed by atoms with van der Waals surface area (Å²) >= 11 is 13.7. The summed E-state index contributed by atoms with van der Waals surface area (Å²) in [7, 11) is 0. The van der Waals surface area contributed by atoms with Crippen molar-refractivity contribution in [3.63, 3.8) is 0 Å². The lowest BCUT2D eigenvalue weighted by Gasteiger charge is -2.17. The van der Waals surface area contributed by atoms with Crippen LogP contribution in [0.1, 0.15) is 50.6 Å². The molecule has 0 aliphatic rings. The lowest BCUT2D eigenvalue weighted by Crippen LogP contribution is -2.20. The van der Waals surface area contributed by atoms with Gasteiger partial charge in [-0.1, -0.05) is 49.0 Å². The van der Waals surface area contributed by atoms with E-state index in [1.165, 1.54) is 30.6 Å². The van der Waals surface area contributed by atoms with Crippen molar-refractivity contribution >= 4 is 34.5 Å². The van der Waals surface area contributed by atoms with E-state index < -0.39 is 0 Å². The number of nitrogens with one attached hydrogen (secondary N) is 1. The summed E-state index contributed by atoms with van der Waals surface area (Å²) in [6.45, 7) is 6.80. The van der Waals surface area contributed by atoms with E-state index in [4.69, 9.17) is 23.2 Å². The molecule has 1 rings (SSSR count). The van der Waals surface area contributed by atoms with Gasteiger partial charge in [-0.15, -0.1) is 17.9 Å². The summed E-state index contributed by atoms with van der Waals surface area (Å²) in [5.74, 6) is 0. The van der Waals surface area contributed by atoms with E-state index in [-0.39, 0.29) is 0 Å². The molecule has 102 valence electrons. The molecule has 0 aliphatic carbocycles. The van der Waals surface area contributed by atoms with E-state index in [1.807, 2.05) is 12.1 Å². The van der Waals surface area contributed by atoms with Gasteiger partial charge in [0, 0.05) is 11.6 Å². The minimum absolute atomic E-state index is 0.329. The number of hydrogen-bond donors (Lipinski definition) is 1. The van der Waals surface area contributed by atoms with Crippen LogP contribution in [0, 0.1) is 0 Å². The first-order chi connectivity index (χ1) is 8.69. The molecule has 0 aliphatic heterocycles. The second-order valence-corrected chi connectivity index (χ2v) is 6.60. The van der Waals surface area contributed by atoms with Crippen molar-refractivity contribution in [2.45, 2.75) is 45.1 Å². The van der Waals surface area contributed by atoms with Crippen LogP contribution in [0.4, 0.5) is 0 Å². The molecule has 1 aromatic rings. The van der Waals surface area contributed by atoms with E-state index in [9.17, 15) is 0 Å². The van der Waals surface area contributed by atoms with E-state index in [0.29, 0.717) is 6.04 Å². The molecule has 1 atom stereocenters. The van der Waals surface area contributed by atoms with E-state index in [1.54, 1.807) is 0 Å². The molecule has 1 heterocycles. The second-order valence-electron chi connectivity index (χ2n) is 4.32. The van der Waals surface area contributed by atoms with E-state index in [2.05, 4.69) is 18.8 Å². The van der Waals surface area contributed by atoms with Gasteiger partial charge in [-0.25, -0.2) is 0 Å². The van der Waals surface area contributed by atoms with Crippen LogP contribution < -0.4 is 5.32 Å². The van der Waals surface area contributed by atoms with Crippen molar-refractivity contribution in [1.82, 2.24) is 5.32 Å². The zero-order valence-electron chi connectivity index (χ0n) is 10.8. The number of allylic oxidation sites excluding steroid dienone is 1. The Morgan fingerprint density at radius 3 is 2.72 bits per heavy atom. The Balaban J connectivity index is 2.49. The first kappa shape index (κ1) is 16.0. The molecule has 1 unspecified atom stereocenters. The minimum atomic E-state index is 0.329. The summed E-state index contributed by atoms with van der Waals surface area (Å²) < 4.78 is 1.58. The van der Waals surface area contributed by atoms with E-state index >= 15 is 0 Å². The summed E-state index contributed by atoms with van der Waals surface area (Å²) in [6, 6.07) is 2.32. The van der Waals surface area contributed by atoms with Crippen LogP contribution in [-0.2, 0) is 0 Å². The van der Waals surface area contributed by atoms with Gasteiger partial charge in [-0.2, -0.15) is 0 Å². The molecule has 0 bridgehead atoms. The lowest BCUT2D eigenvalue weighted by molar-refractivity contribution is 0.485. The highest BCUT2D eigenvalue weighted by Gasteiger charge is 2.16. The Morgan fingerprint density at radius 1 is 1.39 bits per heavy atom. The summed E-state index contributed by atoms with van der Waals surface area (Å²) in [6.07, 6.45) is 7.87. The Hall–Kier alpha value is -0.0200. The fourth-order valence-corrected chi connectivity index (χ4v) is 3.60. The Morgan fingerprint density at radius 2 is 2.17 bits per heavy atom. The van der Waals surface area contributed by atoms with Crippen molar-refractivity contribution in [2.24, 2.45) is 0 Å². The van der Waals surface area contributed by atoms with Crippen molar-refractivity contribution in [1.29, 1.82) is 0 Å². The van der Waals surface area contributed by atoms with Crippen LogP contribution in [0.5, 0.6) is 0 Å². The van der Waals surface area contributed by atoms with Crippen LogP contribution in [0.15, 0.2) is 18.7 Å². The van der Waals surface area contributed by atoms with Gasteiger partial charge in [0.15, 0.2) is 0 Å². The number of halogens is 2. The van der Waals surface area contributed by atoms with Gasteiger partial charge in [-0.05, 0) is 31.9 Å². The molecule has 0 fully saturated rings. The number of hydrogen-bond acceptors (Lipinski definition) is 2. The third-order valence-electron chi connectivity index (χ3n) is 2.91. The molecular weight excluding hydrogens is 285 g/mol. The molecule has 0 radical (unpaired) electrons. The fourth-order valence-electron chi connectivity index (χ4n) is 2.02. The monoisotopic (exact) mass is 305 g/mol. The summed E-state index contributed by atoms with van der Waals surface area (Å²) in [5, 5.41) is 3.49. The molecule has 0 amide bonds. The van der Waals surface area contributed by atoms with E-state index in [0.717, 1.165) is 33.6 Å². The van der Waals surface area contributed by atoms with Gasteiger partial charge in [0.25, 0.3) is 0 Å². The Bertz CT molecular complexity index is 363. The fraction of sp³-hybridized carbons (Fsp3) is 0.571. The van der Waals surface area contributed by atoms with Gasteiger partial charge in [0.2, 0.25) is 0 Å². The molecule has 0 saturated heterocycles. The minimum Gasteiger partial charge on any atom is -0.310 e. The van der Waals surface area contributed by atoms with Gasteiger partial charge in [0.1, 0.15) is 0 Å². The summed E-state index contributed by atoms with van der Waals surface area (Å²) in [5.41, 5.74) is 1.15. The molecule has 0 aromatic carbocycles. The highest BCUT2D eigenvalue weighted by molar-refractivity contribution is 7.20. The standard InChI is InChI=1S/C14H21Cl2NS/c1-3-5-6-7-8-9-12(17-4-2)11-10-13(15)18-14(11)16/h3,10,12,17H,1,4-9H2,2H3. The first-order valence-corrected chi connectivity index (χ1v) is 8.05. The number of rotatable bonds is 9. The van der Waals surface area contributed by atoms with Crippen LogP contribution in [-0.4, -0.2) is 6.54 Å². The smallest absolute Gasteiger partial charge is 0.0991 e. The second kappa shape index (κ2) is 8.98. The Kier molecular flexibility index (Phi) is 8.00. The van der Waals surface area contributed by atoms with Gasteiger partial charge in [-0.3, -0.25) is 0 Å². The molecule has 1 aromatic heterocycles. The van der Waals surface area contributed by atoms with Gasteiger partial charge < -0.3 is 5.32 Å². The maximum Gasteiger partial charge on any atom is 0.0991 e. The van der Waals surface area contributed by atoms with Crippen LogP contribution >= 0.6 is 34.5 Å². The Labute approximate surface area is 124 Å². The number of thiophene rings is 1. The number of unbranched alkanes of at least 4 members (excludes halogenated alkanes) is 3. The SMILES string of the molecule is C=CCCCCCC(NCC)c1cc(Cl)sc1Cl. The van der Waals surface area contributed by atoms with Crippen LogP contribution in [0.25, 0.3) is 0 Å². The van der Waals surface area contributed by atoms with Crippen molar-refractivity contribution in [3.8, 4) is 0 Å². The molecular formula is C14H21Cl2NS. The zero-order chi connectivity index (χ0) is 13.4. The predicted molar refractivity (Wildman–Crippen MR) is 84.0 cm³/mol. The van der Waals surface area contributed by atoms with Crippen LogP contribution in [0.3, 0.4) is 0 Å². The van der Waals surface area contributed by atoms with Gasteiger partial charge >= 0.3 is 0 Å². The zero-order valence-corrected chi connectivity index (χ0v) is 13.2. The topological polar surface area (TPSA) is 12.0 Å². The molecule has 4 heteroatoms. The predicted octanol–water partition coefficient (Wildman–Crippen LogP) is 5.84. The molecule has 1 nitrogen and oxygen atoms in total. The van der Waals surface area contributed by atoms with Crippen molar-refractivity contribution in [2.75, 3.05) is 6.54 Å². The largest absolute Gasteiger partial charge is 0.310 e. The first-order valence-electron chi connectivity index (χ1n) is 6.48. The van der Waals surface area contributed by atoms with Gasteiger partial charge in [0.05, 0.1) is 8.67 Å². The quantitative estimate of drug-likeness (QED) is 0.446. The average molecular weight is 306 g/mol. The molecule has 0 saturated carbocycles. The molecule has 0 spiro atoms. The maximum atomic E-state index is 6.22. The maximum absolute atomic E-state index is 6.22. The van der Waals surface area contributed by atoms with Crippen molar-refractivity contribution < 1.29 is 0 Å². The van der Waals surface area contributed by atoms with Crippen molar-refractivity contribution in [3.05, 3.63) is 33.0 Å². The summed E-state index contributed by atoms with van der Waals surface area (Å²) in [4.78, 5) is 0. The lowest BCUT2D eigenvalue weighted by atomic mass is 10.0. The molecule has 18 heavy (non-hydrogen) atoms.